The largest absolute Gasteiger partial charge is 0.461 e. The van der Waals surface area contributed by atoms with Crippen LogP contribution in [0.2, 0.25) is 5.02 Å². The maximum atomic E-state index is 13.1. The van der Waals surface area contributed by atoms with E-state index in [0.29, 0.717) is 5.02 Å². The second kappa shape index (κ2) is 10.2. The molecule has 2 aliphatic heterocycles. The molecule has 39 heavy (non-hydrogen) atoms. The van der Waals surface area contributed by atoms with E-state index >= 15 is 0 Å². The lowest BCUT2D eigenvalue weighted by Crippen LogP contribution is -2.54. The average Bonchev–Trinajstić information content (AvgIpc) is 3.36. The molecule has 6 rings (SSSR count). The quantitative estimate of drug-likeness (QED) is 0.246. The van der Waals surface area contributed by atoms with Crippen molar-refractivity contribution in [2.24, 2.45) is 10.2 Å². The van der Waals surface area contributed by atoms with Gasteiger partial charge in [0.25, 0.3) is 0 Å². The lowest BCUT2D eigenvalue weighted by molar-refractivity contribution is -0.134. The Balaban J connectivity index is 1.64. The molecule has 0 saturated heterocycles. The molecule has 4 aromatic carbocycles. The Morgan fingerprint density at radius 2 is 1.49 bits per heavy atom. The summed E-state index contributed by atoms with van der Waals surface area (Å²) in [5, 5.41) is 14.9. The van der Waals surface area contributed by atoms with Crippen LogP contribution >= 0.6 is 23.4 Å². The fraction of sp³-hybridized carbons (Fsp3) is 0.129. The molecule has 4 aromatic rings. The summed E-state index contributed by atoms with van der Waals surface area (Å²) in [6, 6.07) is 33.9. The number of anilines is 2. The second-order valence-corrected chi connectivity index (χ2v) is 10.7. The summed E-state index contributed by atoms with van der Waals surface area (Å²) in [6.45, 7) is 4.09. The number of aryl methyl sites for hydroxylation is 1. The molecule has 0 radical (unpaired) electrons. The lowest BCUT2D eigenvalue weighted by Gasteiger charge is -2.47. The summed E-state index contributed by atoms with van der Waals surface area (Å²) in [5.74, 6) is -0.463. The number of esters is 1. The number of ether oxygens (including phenoxy) is 1. The number of hydrogen-bond acceptors (Lipinski definition) is 7. The predicted molar refractivity (Wildman–Crippen MR) is 159 cm³/mol. The molecular formula is C31H25ClN4O2S. The van der Waals surface area contributed by atoms with Crippen molar-refractivity contribution in [2.45, 2.75) is 18.8 Å². The first-order chi connectivity index (χ1) is 19.0. The van der Waals surface area contributed by atoms with Gasteiger partial charge < -0.3 is 4.74 Å². The van der Waals surface area contributed by atoms with E-state index in [1.54, 1.807) is 6.92 Å². The maximum Gasteiger partial charge on any atom is 0.365 e. The first-order valence-electron chi connectivity index (χ1n) is 12.6. The van der Waals surface area contributed by atoms with E-state index in [0.717, 1.165) is 39.3 Å². The van der Waals surface area contributed by atoms with Gasteiger partial charge in [-0.2, -0.15) is 10.2 Å². The van der Waals surface area contributed by atoms with Gasteiger partial charge in [0.1, 0.15) is 0 Å². The van der Waals surface area contributed by atoms with Crippen LogP contribution in [0.1, 0.15) is 29.2 Å². The second-order valence-electron chi connectivity index (χ2n) is 9.13. The number of carbonyl (C=O) groups is 1. The number of fused-ring (bicyclic) bond motifs is 2. The number of rotatable bonds is 5. The molecule has 2 aliphatic rings. The molecule has 0 N–H and O–H groups in total. The molecule has 0 unspecified atom stereocenters. The highest BCUT2D eigenvalue weighted by molar-refractivity contribution is 8.16. The number of thioether (sulfide) groups is 1. The van der Waals surface area contributed by atoms with Gasteiger partial charge in [-0.1, -0.05) is 83.9 Å². The van der Waals surface area contributed by atoms with E-state index in [4.69, 9.17) is 26.5 Å². The Hall–Kier alpha value is -4.07. The van der Waals surface area contributed by atoms with Crippen molar-refractivity contribution in [1.82, 2.24) is 0 Å². The summed E-state index contributed by atoms with van der Waals surface area (Å²) in [5.41, 5.74) is 6.42. The normalized spacial score (nSPS) is 18.0. The fourth-order valence-corrected chi connectivity index (χ4v) is 6.20. The Bertz CT molecular complexity index is 1590. The number of carbonyl (C=O) groups excluding carboxylic acids is 1. The minimum atomic E-state index is -1.04. The van der Waals surface area contributed by atoms with Crippen LogP contribution in [0.3, 0.4) is 0 Å². The number of benzene rings is 4. The number of hydrogen-bond donors (Lipinski definition) is 0. The topological polar surface area (TPSA) is 57.5 Å². The van der Waals surface area contributed by atoms with Gasteiger partial charge in [-0.3, -0.25) is 0 Å². The molecule has 1 atom stereocenters. The van der Waals surface area contributed by atoms with Gasteiger partial charge >= 0.3 is 5.97 Å². The number of nitrogens with zero attached hydrogens (tertiary/aromatic N) is 4. The van der Waals surface area contributed by atoms with Crippen molar-refractivity contribution < 1.29 is 9.53 Å². The molecule has 8 heteroatoms. The van der Waals surface area contributed by atoms with Gasteiger partial charge in [0.2, 0.25) is 10.0 Å². The molecular weight excluding hydrogens is 528 g/mol. The average molecular weight is 553 g/mol. The summed E-state index contributed by atoms with van der Waals surface area (Å²) < 4.78 is 5.41. The molecule has 0 bridgehead atoms. The number of para-hydroxylation sites is 1. The van der Waals surface area contributed by atoms with Crippen molar-refractivity contribution in [3.05, 3.63) is 130 Å². The molecule has 0 aliphatic carbocycles. The van der Waals surface area contributed by atoms with Crippen molar-refractivity contribution in [1.29, 1.82) is 0 Å². The minimum absolute atomic E-state index is 0.258. The highest BCUT2D eigenvalue weighted by Gasteiger charge is 2.56. The van der Waals surface area contributed by atoms with Crippen LogP contribution in [-0.4, -0.2) is 23.3 Å². The zero-order valence-electron chi connectivity index (χ0n) is 21.4. The molecule has 6 nitrogen and oxygen atoms in total. The number of hydrazone groups is 2. The Morgan fingerprint density at radius 3 is 2.21 bits per heavy atom. The SMILES string of the molecule is CCOC(=O)C1=NN(c2ccc(C)cc2)[C@]2(S1)c1ccccc1C(c1ccc(Cl)cc1)=NN2c1ccccc1. The molecule has 0 amide bonds. The van der Waals surface area contributed by atoms with E-state index in [2.05, 4.69) is 12.1 Å². The van der Waals surface area contributed by atoms with E-state index in [9.17, 15) is 4.79 Å². The van der Waals surface area contributed by atoms with Crippen LogP contribution in [0.4, 0.5) is 11.4 Å². The van der Waals surface area contributed by atoms with E-state index in [1.165, 1.54) is 11.8 Å². The van der Waals surface area contributed by atoms with Crippen LogP contribution in [0.25, 0.3) is 0 Å². The predicted octanol–water partition coefficient (Wildman–Crippen LogP) is 7.16. The van der Waals surface area contributed by atoms with Gasteiger partial charge in [-0.15, -0.1) is 0 Å². The maximum absolute atomic E-state index is 13.1. The smallest absolute Gasteiger partial charge is 0.365 e. The first kappa shape index (κ1) is 25.2. The number of halogens is 1. The summed E-state index contributed by atoms with van der Waals surface area (Å²) in [7, 11) is 0. The third kappa shape index (κ3) is 4.37. The van der Waals surface area contributed by atoms with Crippen molar-refractivity contribution >= 4 is 51.5 Å². The van der Waals surface area contributed by atoms with Crippen molar-refractivity contribution in [2.75, 3.05) is 16.6 Å². The molecule has 0 saturated carbocycles. The zero-order chi connectivity index (χ0) is 27.0. The highest BCUT2D eigenvalue weighted by Crippen LogP contribution is 2.55. The Morgan fingerprint density at radius 1 is 0.846 bits per heavy atom. The van der Waals surface area contributed by atoms with E-state index in [1.807, 2.05) is 108 Å². The van der Waals surface area contributed by atoms with Crippen LogP contribution < -0.4 is 10.0 Å². The van der Waals surface area contributed by atoms with E-state index in [-0.39, 0.29) is 11.7 Å². The standard InChI is InChI=1S/C31H25ClN4O2S/c1-3-38-30(37)29-34-36(25-19-13-21(2)14-20-25)31(39-29)27-12-8-7-11-26(27)28(22-15-17-23(32)18-16-22)33-35(31)24-9-5-4-6-10-24/h4-20H,3H2,1-2H3/t31-/m0/s1. The van der Waals surface area contributed by atoms with Gasteiger partial charge in [-0.25, -0.2) is 14.8 Å². The van der Waals surface area contributed by atoms with Crippen LogP contribution in [-0.2, 0) is 14.5 Å². The third-order valence-electron chi connectivity index (χ3n) is 6.58. The molecule has 0 aromatic heterocycles. The van der Waals surface area contributed by atoms with Gasteiger partial charge in [0.15, 0.2) is 0 Å². The molecule has 0 fully saturated rings. The van der Waals surface area contributed by atoms with Crippen molar-refractivity contribution in [3.63, 3.8) is 0 Å². The Labute approximate surface area is 236 Å². The molecule has 194 valence electrons. The van der Waals surface area contributed by atoms with Crippen LogP contribution in [0, 0.1) is 6.92 Å². The van der Waals surface area contributed by atoms with Crippen LogP contribution in [0.15, 0.2) is 113 Å². The molecule has 2 heterocycles. The fourth-order valence-electron chi connectivity index (χ4n) is 4.79. The van der Waals surface area contributed by atoms with Crippen molar-refractivity contribution in [3.8, 4) is 0 Å². The third-order valence-corrected chi connectivity index (χ3v) is 8.13. The Kier molecular flexibility index (Phi) is 6.62. The van der Waals surface area contributed by atoms with Gasteiger partial charge in [0.05, 0.1) is 23.7 Å². The molecule has 1 spiro atoms. The highest BCUT2D eigenvalue weighted by atomic mass is 35.5. The summed E-state index contributed by atoms with van der Waals surface area (Å²) in [6.07, 6.45) is 0. The monoisotopic (exact) mass is 552 g/mol. The van der Waals surface area contributed by atoms with Gasteiger partial charge in [0, 0.05) is 21.7 Å². The lowest BCUT2D eigenvalue weighted by atomic mass is 9.93. The minimum Gasteiger partial charge on any atom is -0.461 e. The summed E-state index contributed by atoms with van der Waals surface area (Å²) in [4.78, 5) is 12.1. The van der Waals surface area contributed by atoms with E-state index < -0.39 is 11.0 Å². The zero-order valence-corrected chi connectivity index (χ0v) is 23.0. The van der Waals surface area contributed by atoms with Gasteiger partial charge in [-0.05, 0) is 62.0 Å². The summed E-state index contributed by atoms with van der Waals surface area (Å²) >= 11 is 7.56. The first-order valence-corrected chi connectivity index (χ1v) is 13.8. The van der Waals surface area contributed by atoms with Crippen LogP contribution in [0.5, 0.6) is 0 Å².